The molecule has 0 bridgehead atoms. The van der Waals surface area contributed by atoms with Crippen molar-refractivity contribution in [1.82, 2.24) is 4.72 Å². The summed E-state index contributed by atoms with van der Waals surface area (Å²) in [4.78, 5) is 3.85. The van der Waals surface area contributed by atoms with E-state index in [4.69, 9.17) is 5.73 Å². The van der Waals surface area contributed by atoms with E-state index in [0.717, 1.165) is 18.4 Å². The molecule has 0 aromatic heterocycles. The van der Waals surface area contributed by atoms with Crippen molar-refractivity contribution in [3.63, 3.8) is 0 Å². The number of anilines is 1. The first-order chi connectivity index (χ1) is 10.1. The number of hydrogen-bond acceptors (Lipinski definition) is 4. The van der Waals surface area contributed by atoms with Gasteiger partial charge in [-0.3, -0.25) is 4.99 Å². The van der Waals surface area contributed by atoms with Crippen LogP contribution in [0, 0.1) is 0 Å². The Balaban J connectivity index is 0.00000484. The highest BCUT2D eigenvalue weighted by Crippen LogP contribution is 2.23. The first-order valence-corrected chi connectivity index (χ1v) is 7.82. The van der Waals surface area contributed by atoms with Crippen molar-refractivity contribution in [3.05, 3.63) is 24.3 Å². The van der Waals surface area contributed by atoms with E-state index in [9.17, 15) is 21.6 Å². The molecule has 0 unspecified atom stereocenters. The second-order valence-corrected chi connectivity index (χ2v) is 5.96. The minimum atomic E-state index is -4.75. The maximum Gasteiger partial charge on any atom is 0.573 e. The first kappa shape index (κ1) is 21.7. The highest BCUT2D eigenvalue weighted by atomic mass is 127. The van der Waals surface area contributed by atoms with Gasteiger partial charge in [0.15, 0.2) is 5.96 Å². The van der Waals surface area contributed by atoms with Crippen LogP contribution in [0.5, 0.6) is 5.75 Å². The Morgan fingerprint density at radius 1 is 1.30 bits per heavy atom. The lowest BCUT2D eigenvalue weighted by Gasteiger charge is -2.10. The molecule has 0 fully saturated rings. The maximum absolute atomic E-state index is 12.0. The molecule has 132 valence electrons. The molecule has 23 heavy (non-hydrogen) atoms. The zero-order chi connectivity index (χ0) is 16.8. The molecule has 0 aliphatic carbocycles. The number of guanidine groups is 1. The van der Waals surface area contributed by atoms with Gasteiger partial charge in [-0.1, -0.05) is 0 Å². The number of hydrogen-bond donors (Lipinski definition) is 3. The molecule has 0 atom stereocenters. The number of benzene rings is 1. The molecule has 0 heterocycles. The standard InChI is InChI=1S/C11H15F3N4O3S.HI/c1-22(19,20)17-7-6-16-10(15)18-8-2-4-9(5-3-8)21-11(12,13)14;/h2-5,17H,6-7H2,1H3,(H3,15,16,18);1H. The zero-order valence-electron chi connectivity index (χ0n) is 11.9. The Morgan fingerprint density at radius 2 is 1.87 bits per heavy atom. The molecule has 0 spiro atoms. The lowest BCUT2D eigenvalue weighted by atomic mass is 10.3. The molecule has 0 amide bonds. The Labute approximate surface area is 148 Å². The molecule has 0 radical (unpaired) electrons. The van der Waals surface area contributed by atoms with E-state index in [0.29, 0.717) is 5.69 Å². The summed E-state index contributed by atoms with van der Waals surface area (Å²) in [5, 5.41) is 2.64. The van der Waals surface area contributed by atoms with Crippen molar-refractivity contribution >= 4 is 45.6 Å². The average molecular weight is 468 g/mol. The number of rotatable bonds is 6. The summed E-state index contributed by atoms with van der Waals surface area (Å²) in [6.45, 7) is 0.195. The molecule has 1 rings (SSSR count). The van der Waals surface area contributed by atoms with E-state index in [1.54, 1.807) is 0 Å². The summed E-state index contributed by atoms with van der Waals surface area (Å²) in [6.07, 6.45) is -3.73. The van der Waals surface area contributed by atoms with E-state index >= 15 is 0 Å². The van der Waals surface area contributed by atoms with Gasteiger partial charge in [0.05, 0.1) is 12.8 Å². The van der Waals surface area contributed by atoms with Crippen LogP contribution < -0.4 is 20.5 Å². The smallest absolute Gasteiger partial charge is 0.406 e. The van der Waals surface area contributed by atoms with Gasteiger partial charge in [0.25, 0.3) is 0 Å². The van der Waals surface area contributed by atoms with Crippen molar-refractivity contribution in [2.75, 3.05) is 24.7 Å². The van der Waals surface area contributed by atoms with Crippen molar-refractivity contribution in [2.24, 2.45) is 10.7 Å². The second kappa shape index (κ2) is 9.12. The topological polar surface area (TPSA) is 106 Å². The van der Waals surface area contributed by atoms with Gasteiger partial charge >= 0.3 is 6.36 Å². The molecule has 4 N–H and O–H groups in total. The minimum absolute atomic E-state index is 0. The third-order valence-corrected chi connectivity index (χ3v) is 2.85. The molecule has 0 saturated heterocycles. The highest BCUT2D eigenvalue weighted by Gasteiger charge is 2.30. The third kappa shape index (κ3) is 11.0. The minimum Gasteiger partial charge on any atom is -0.406 e. The van der Waals surface area contributed by atoms with Crippen LogP contribution in [0.4, 0.5) is 18.9 Å². The first-order valence-electron chi connectivity index (χ1n) is 5.92. The molecular weight excluding hydrogens is 452 g/mol. The Kier molecular flexibility index (Phi) is 8.61. The molecule has 12 heteroatoms. The predicted molar refractivity (Wildman–Crippen MR) is 91.5 cm³/mol. The molecule has 1 aromatic carbocycles. The van der Waals surface area contributed by atoms with Gasteiger partial charge in [-0.2, -0.15) is 0 Å². The van der Waals surface area contributed by atoms with E-state index in [2.05, 4.69) is 19.8 Å². The number of nitrogens with zero attached hydrogens (tertiary/aromatic N) is 1. The monoisotopic (exact) mass is 468 g/mol. The van der Waals surface area contributed by atoms with Gasteiger partial charge < -0.3 is 15.8 Å². The van der Waals surface area contributed by atoms with E-state index < -0.39 is 16.4 Å². The van der Waals surface area contributed by atoms with Crippen LogP contribution >= 0.6 is 24.0 Å². The van der Waals surface area contributed by atoms with Crippen LogP contribution in [0.1, 0.15) is 0 Å². The number of ether oxygens (including phenoxy) is 1. The normalized spacial score (nSPS) is 12.4. The van der Waals surface area contributed by atoms with Crippen LogP contribution in [-0.4, -0.2) is 40.1 Å². The van der Waals surface area contributed by atoms with E-state index in [1.165, 1.54) is 12.1 Å². The highest BCUT2D eigenvalue weighted by molar-refractivity contribution is 14.0. The van der Waals surface area contributed by atoms with Gasteiger partial charge in [-0.15, -0.1) is 37.1 Å². The van der Waals surface area contributed by atoms with Gasteiger partial charge in [0.1, 0.15) is 5.75 Å². The summed E-state index contributed by atoms with van der Waals surface area (Å²) in [5.74, 6) is -0.356. The zero-order valence-corrected chi connectivity index (χ0v) is 15.1. The number of nitrogens with two attached hydrogens (primary N) is 1. The number of aliphatic imine (C=N–C) groups is 1. The largest absolute Gasteiger partial charge is 0.573 e. The summed E-state index contributed by atoms with van der Waals surface area (Å²) in [6, 6.07) is 4.90. The van der Waals surface area contributed by atoms with Crippen molar-refractivity contribution in [3.8, 4) is 5.75 Å². The van der Waals surface area contributed by atoms with Crippen molar-refractivity contribution in [2.45, 2.75) is 6.36 Å². The van der Waals surface area contributed by atoms with Crippen LogP contribution in [0.2, 0.25) is 0 Å². The Hall–Kier alpha value is -1.28. The molecule has 0 saturated carbocycles. The number of halogens is 4. The fourth-order valence-electron chi connectivity index (χ4n) is 1.33. The lowest BCUT2D eigenvalue weighted by Crippen LogP contribution is -2.27. The van der Waals surface area contributed by atoms with Crippen molar-refractivity contribution in [1.29, 1.82) is 0 Å². The summed E-state index contributed by atoms with van der Waals surface area (Å²) in [7, 11) is -3.29. The van der Waals surface area contributed by atoms with E-state index in [-0.39, 0.29) is 48.8 Å². The number of sulfonamides is 1. The van der Waals surface area contributed by atoms with Gasteiger partial charge in [0, 0.05) is 12.2 Å². The molecule has 1 aromatic rings. The van der Waals surface area contributed by atoms with Gasteiger partial charge in [0.2, 0.25) is 10.0 Å². The Morgan fingerprint density at radius 3 is 2.35 bits per heavy atom. The van der Waals surface area contributed by atoms with Crippen molar-refractivity contribution < 1.29 is 26.3 Å². The average Bonchev–Trinajstić information content (AvgIpc) is 2.34. The molecular formula is C11H16F3IN4O3S. The predicted octanol–water partition coefficient (Wildman–Crippen LogP) is 1.48. The summed E-state index contributed by atoms with van der Waals surface area (Å²) in [5.41, 5.74) is 5.95. The molecule has 7 nitrogen and oxygen atoms in total. The van der Waals surface area contributed by atoms with Crippen LogP contribution in [0.15, 0.2) is 29.3 Å². The number of alkyl halides is 3. The summed E-state index contributed by atoms with van der Waals surface area (Å²) >= 11 is 0. The maximum atomic E-state index is 12.0. The summed E-state index contributed by atoms with van der Waals surface area (Å²) < 4.78 is 63.5. The van der Waals surface area contributed by atoms with E-state index in [1.807, 2.05) is 0 Å². The quantitative estimate of drug-likeness (QED) is 0.254. The SMILES string of the molecule is CS(=O)(=O)NCCN=C(N)Nc1ccc(OC(F)(F)F)cc1.I. The van der Waals surface area contributed by atoms with Gasteiger partial charge in [-0.05, 0) is 24.3 Å². The van der Waals surface area contributed by atoms with Gasteiger partial charge in [-0.25, -0.2) is 13.1 Å². The van der Waals surface area contributed by atoms with Crippen LogP contribution in [0.25, 0.3) is 0 Å². The van der Waals surface area contributed by atoms with Crippen LogP contribution in [-0.2, 0) is 10.0 Å². The Bertz CT molecular complexity index is 620. The molecule has 0 aliphatic rings. The van der Waals surface area contributed by atoms with Crippen LogP contribution in [0.3, 0.4) is 0 Å². The second-order valence-electron chi connectivity index (χ2n) is 4.13. The fourth-order valence-corrected chi connectivity index (χ4v) is 1.80. The third-order valence-electron chi connectivity index (χ3n) is 2.12. The number of nitrogens with one attached hydrogen (secondary N) is 2. The lowest BCUT2D eigenvalue weighted by molar-refractivity contribution is -0.274. The molecule has 0 aliphatic heterocycles. The fraction of sp³-hybridized carbons (Fsp3) is 0.364.